The van der Waals surface area contributed by atoms with Crippen molar-refractivity contribution in [2.75, 3.05) is 0 Å². The van der Waals surface area contributed by atoms with Gasteiger partial charge in [0.15, 0.2) is 0 Å². The normalized spacial score (nSPS) is 11.3. The van der Waals surface area contributed by atoms with Crippen molar-refractivity contribution in [1.82, 2.24) is 15.0 Å². The number of benzene rings is 12. The second-order valence-electron chi connectivity index (χ2n) is 23.9. The van der Waals surface area contributed by atoms with Gasteiger partial charge in [0.1, 0.15) is 0 Å². The van der Waals surface area contributed by atoms with Crippen LogP contribution in [0.4, 0.5) is 0 Å². The van der Waals surface area contributed by atoms with Crippen LogP contribution in [-0.2, 0) is 0 Å². The summed E-state index contributed by atoms with van der Waals surface area (Å²) in [5.74, 6) is 0. The third-order valence-corrected chi connectivity index (χ3v) is 18.0. The van der Waals surface area contributed by atoms with E-state index in [9.17, 15) is 0 Å². The quantitative estimate of drug-likeness (QED) is 0.0853. The zero-order chi connectivity index (χ0) is 64.6. The fourth-order valence-corrected chi connectivity index (χ4v) is 13.4. The molecule has 0 fully saturated rings. The maximum atomic E-state index is 4.86. The van der Waals surface area contributed by atoms with E-state index in [1.807, 2.05) is 61.1 Å². The average Bonchev–Trinajstić information content (AvgIpc) is 0.871. The van der Waals surface area contributed by atoms with Crippen molar-refractivity contribution in [1.29, 1.82) is 0 Å². The van der Waals surface area contributed by atoms with Crippen LogP contribution in [0.2, 0.25) is 0 Å². The lowest BCUT2D eigenvalue weighted by molar-refractivity contribution is 1.33. The highest BCUT2D eigenvalue weighted by Gasteiger charge is 2.22. The van der Waals surface area contributed by atoms with Gasteiger partial charge in [-0.25, -0.2) is 0 Å². The molecule has 0 aliphatic carbocycles. The summed E-state index contributed by atoms with van der Waals surface area (Å²) in [6.07, 6.45) is 11.3. The van der Waals surface area contributed by atoms with Crippen LogP contribution in [0, 0.1) is 0 Å². The topological polar surface area (TPSA) is 38.7 Å². The molecule has 0 radical (unpaired) electrons. The van der Waals surface area contributed by atoms with Crippen LogP contribution in [-0.4, -0.2) is 15.0 Å². The highest BCUT2D eigenvalue weighted by Crippen LogP contribution is 2.48. The van der Waals surface area contributed by atoms with Gasteiger partial charge in [-0.3, -0.25) is 15.0 Å². The molecule has 0 atom stereocenters. The minimum atomic E-state index is 0.902. The average molecular weight is 1220 g/mol. The Labute approximate surface area is 562 Å². The van der Waals surface area contributed by atoms with Crippen LogP contribution in [0.3, 0.4) is 0 Å². The van der Waals surface area contributed by atoms with Crippen molar-refractivity contribution in [3.05, 3.63) is 389 Å². The lowest BCUT2D eigenvalue weighted by atomic mass is 9.83. The van der Waals surface area contributed by atoms with Gasteiger partial charge in [-0.2, -0.15) is 0 Å². The molecule has 15 aromatic rings. The molecule has 3 heteroatoms. The minimum absolute atomic E-state index is 0.902. The molecule has 3 aromatic heterocycles. The van der Waals surface area contributed by atoms with Gasteiger partial charge in [0.25, 0.3) is 0 Å². The number of allylic oxidation sites excluding steroid dienone is 4. The van der Waals surface area contributed by atoms with Crippen molar-refractivity contribution in [2.24, 2.45) is 0 Å². The van der Waals surface area contributed by atoms with Crippen LogP contribution in [0.1, 0.15) is 5.56 Å². The second kappa shape index (κ2) is 27.3. The van der Waals surface area contributed by atoms with E-state index in [1.165, 1.54) is 0 Å². The van der Waals surface area contributed by atoms with E-state index in [0.717, 1.165) is 167 Å². The first kappa shape index (κ1) is 59.6. The molecule has 0 saturated heterocycles. The Morgan fingerprint density at radius 3 is 0.865 bits per heavy atom. The minimum Gasteiger partial charge on any atom is -0.256 e. The van der Waals surface area contributed by atoms with Crippen molar-refractivity contribution in [2.45, 2.75) is 0 Å². The number of nitrogens with zero attached hydrogens (tertiary/aromatic N) is 3. The van der Waals surface area contributed by atoms with E-state index in [0.29, 0.717) is 0 Å². The van der Waals surface area contributed by atoms with Crippen LogP contribution in [0.25, 0.3) is 162 Å². The van der Waals surface area contributed by atoms with Crippen molar-refractivity contribution < 1.29 is 0 Å². The fourth-order valence-electron chi connectivity index (χ4n) is 13.4. The molecular weight excluding hydrogens is 1160 g/mol. The summed E-state index contributed by atoms with van der Waals surface area (Å²) in [6.45, 7) is 8.22. The predicted octanol–water partition coefficient (Wildman–Crippen LogP) is 25.0. The van der Waals surface area contributed by atoms with Crippen LogP contribution in [0.15, 0.2) is 384 Å². The number of rotatable bonds is 17. The summed E-state index contributed by atoms with van der Waals surface area (Å²) in [4.78, 5) is 14.6. The lowest BCUT2D eigenvalue weighted by Crippen LogP contribution is -1.95. The predicted molar refractivity (Wildman–Crippen MR) is 404 cm³/mol. The van der Waals surface area contributed by atoms with Gasteiger partial charge < -0.3 is 0 Å². The molecule has 96 heavy (non-hydrogen) atoms. The second-order valence-corrected chi connectivity index (χ2v) is 23.9. The number of aromatic nitrogens is 3. The smallest absolute Gasteiger partial charge is 0.0702 e. The molecule has 0 aliphatic heterocycles. The van der Waals surface area contributed by atoms with Crippen LogP contribution >= 0.6 is 0 Å². The third-order valence-electron chi connectivity index (χ3n) is 18.0. The molecule has 0 spiro atoms. The van der Waals surface area contributed by atoms with Gasteiger partial charge >= 0.3 is 0 Å². The Hall–Kier alpha value is -12.7. The first-order chi connectivity index (χ1) is 47.5. The molecule has 452 valence electrons. The number of hydrogen-bond donors (Lipinski definition) is 0. The summed E-state index contributed by atoms with van der Waals surface area (Å²) in [5, 5.41) is 0. The molecule has 0 saturated carbocycles. The molecule has 0 bridgehead atoms. The van der Waals surface area contributed by atoms with E-state index in [2.05, 4.69) is 323 Å². The summed E-state index contributed by atoms with van der Waals surface area (Å²) in [5.41, 5.74) is 32.3. The summed E-state index contributed by atoms with van der Waals surface area (Å²) in [6, 6.07) is 121. The molecule has 0 aliphatic rings. The molecule has 0 N–H and O–H groups in total. The Bertz CT molecular complexity index is 5130. The van der Waals surface area contributed by atoms with Gasteiger partial charge in [0.05, 0.1) is 17.1 Å². The summed E-state index contributed by atoms with van der Waals surface area (Å²) in [7, 11) is 0. The van der Waals surface area contributed by atoms with E-state index < -0.39 is 0 Å². The van der Waals surface area contributed by atoms with Gasteiger partial charge in [0.2, 0.25) is 0 Å². The SMILES string of the molecule is C=C/C=C(\C=C)c1cccc(-c2cc(-c3ccccn3)ccc2-c2ccccc2-c2cc(-c3ccccc3-c3ccc(-c4ccccn4)cc3-c3cccc(-c4ccccc4)c3)cc(-c3ccccc3-c3ccc(-c4ccccn4)cc3-c3cccc(-c4ccccc4)c3)c2)c1. The van der Waals surface area contributed by atoms with E-state index in [1.54, 1.807) is 0 Å². The highest BCUT2D eigenvalue weighted by molar-refractivity contribution is 6.01. The van der Waals surface area contributed by atoms with Crippen LogP contribution < -0.4 is 0 Å². The standard InChI is InChI=1S/C93H65N3/c1-3-26-64(4-2)67-31-23-34-70(55-67)88-61-73(91-43-17-20-52-94-91)46-49-85(88)82-40-14-11-37-79(82)76-58-77(80-38-12-15-41-83(80)86-50-47-74(92-44-18-21-53-95-92)62-89(86)71-35-24-32-68(56-71)65-27-7-5-8-28-65)60-78(59-76)81-39-13-16-42-84(81)87-51-48-75(93-45-19-22-54-96-93)63-90(87)72-36-25-33-69(57-72)66-29-9-6-10-30-66/h3-63H,1-2H2/b64-26+. The molecule has 0 unspecified atom stereocenters. The monoisotopic (exact) mass is 1220 g/mol. The Balaban J connectivity index is 0.970. The number of hydrogen-bond acceptors (Lipinski definition) is 3. The molecule has 15 rings (SSSR count). The van der Waals surface area contributed by atoms with E-state index in [-0.39, 0.29) is 0 Å². The Morgan fingerprint density at radius 2 is 0.510 bits per heavy atom. The summed E-state index contributed by atoms with van der Waals surface area (Å²) >= 11 is 0. The van der Waals surface area contributed by atoms with Crippen LogP contribution in [0.5, 0.6) is 0 Å². The molecule has 3 heterocycles. The summed E-state index contributed by atoms with van der Waals surface area (Å²) < 4.78 is 0. The molecular formula is C93H65N3. The van der Waals surface area contributed by atoms with Gasteiger partial charge in [0, 0.05) is 35.3 Å². The highest BCUT2D eigenvalue weighted by atomic mass is 14.7. The Kier molecular flexibility index (Phi) is 16.9. The molecule has 12 aromatic carbocycles. The third kappa shape index (κ3) is 12.3. The maximum absolute atomic E-state index is 4.86. The number of pyridine rings is 3. The first-order valence-corrected chi connectivity index (χ1v) is 32.5. The molecule has 0 amide bonds. The van der Waals surface area contributed by atoms with Crippen molar-refractivity contribution in [3.63, 3.8) is 0 Å². The Morgan fingerprint density at radius 1 is 0.208 bits per heavy atom. The van der Waals surface area contributed by atoms with Gasteiger partial charge in [-0.1, -0.05) is 274 Å². The first-order valence-electron chi connectivity index (χ1n) is 32.5. The van der Waals surface area contributed by atoms with E-state index in [4.69, 9.17) is 15.0 Å². The lowest BCUT2D eigenvalue weighted by Gasteiger charge is -2.21. The zero-order valence-corrected chi connectivity index (χ0v) is 53.0. The maximum Gasteiger partial charge on any atom is 0.0702 e. The van der Waals surface area contributed by atoms with Gasteiger partial charge in [-0.05, 0) is 225 Å². The van der Waals surface area contributed by atoms with Gasteiger partial charge in [-0.15, -0.1) is 0 Å². The largest absolute Gasteiger partial charge is 0.256 e. The van der Waals surface area contributed by atoms with Crippen molar-refractivity contribution in [3.8, 4) is 156 Å². The van der Waals surface area contributed by atoms with Crippen molar-refractivity contribution >= 4 is 5.57 Å². The van der Waals surface area contributed by atoms with E-state index >= 15 is 0 Å². The fraction of sp³-hybridized carbons (Fsp3) is 0. The zero-order valence-electron chi connectivity index (χ0n) is 53.0. The molecule has 3 nitrogen and oxygen atoms in total.